The maximum absolute atomic E-state index is 5.34. The molecule has 0 atom stereocenters. The number of imidazole rings is 1. The topological polar surface area (TPSA) is 80.3 Å². The van der Waals surface area contributed by atoms with Gasteiger partial charge >= 0.3 is 0 Å². The summed E-state index contributed by atoms with van der Waals surface area (Å²) in [5.74, 6) is 1.88. The third kappa shape index (κ3) is 6.36. The first-order valence-corrected chi connectivity index (χ1v) is 9.07. The normalized spacial score (nSPS) is 11.4. The average molecular weight is 494 g/mol. The van der Waals surface area contributed by atoms with Crippen molar-refractivity contribution >= 4 is 29.9 Å². The van der Waals surface area contributed by atoms with Crippen LogP contribution in [0, 0.1) is 0 Å². The second-order valence-corrected chi connectivity index (χ2v) is 6.70. The van der Waals surface area contributed by atoms with E-state index in [1.165, 1.54) is 11.1 Å². The Morgan fingerprint density at radius 2 is 1.86 bits per heavy atom. The molecule has 0 aliphatic carbocycles. The van der Waals surface area contributed by atoms with E-state index in [0.717, 1.165) is 24.0 Å². The van der Waals surface area contributed by atoms with Crippen LogP contribution in [-0.2, 0) is 19.6 Å². The van der Waals surface area contributed by atoms with Crippen LogP contribution < -0.4 is 10.6 Å². The van der Waals surface area contributed by atoms with Crippen LogP contribution in [-0.4, -0.2) is 27.7 Å². The van der Waals surface area contributed by atoms with E-state index in [0.29, 0.717) is 19.0 Å². The zero-order valence-corrected chi connectivity index (χ0v) is 18.8. The van der Waals surface area contributed by atoms with Gasteiger partial charge < -0.3 is 19.7 Å². The fraction of sp³-hybridized carbons (Fsp3) is 0.350. The van der Waals surface area contributed by atoms with Gasteiger partial charge in [0, 0.05) is 38.6 Å². The molecule has 7 nitrogen and oxygen atoms in total. The molecule has 0 radical (unpaired) electrons. The number of hydrogen-bond acceptors (Lipinski definition) is 4. The van der Waals surface area contributed by atoms with Crippen LogP contribution in [0.2, 0.25) is 0 Å². The number of hydrogen-bond donors (Lipinski definition) is 2. The number of nitrogens with one attached hydrogen (secondary N) is 2. The van der Waals surface area contributed by atoms with E-state index in [9.17, 15) is 0 Å². The monoisotopic (exact) mass is 494 g/mol. The zero-order chi connectivity index (χ0) is 19.1. The number of nitrogens with zero attached hydrogens (tertiary/aromatic N) is 4. The Labute approximate surface area is 182 Å². The Bertz CT molecular complexity index is 855. The largest absolute Gasteiger partial charge is 0.359 e. The highest BCUT2D eigenvalue weighted by Gasteiger charge is 2.08. The molecule has 28 heavy (non-hydrogen) atoms. The first-order valence-electron chi connectivity index (χ1n) is 9.07. The minimum Gasteiger partial charge on any atom is -0.359 e. The molecule has 0 unspecified atom stereocenters. The predicted molar refractivity (Wildman–Crippen MR) is 121 cm³/mol. The molecule has 0 bridgehead atoms. The molecule has 2 heterocycles. The summed E-state index contributed by atoms with van der Waals surface area (Å²) >= 11 is 0. The number of aromatic nitrogens is 3. The molecule has 150 valence electrons. The summed E-state index contributed by atoms with van der Waals surface area (Å²) in [6, 6.07) is 10.5. The van der Waals surface area contributed by atoms with Gasteiger partial charge in [-0.3, -0.25) is 4.99 Å². The van der Waals surface area contributed by atoms with Crippen molar-refractivity contribution in [2.45, 2.75) is 39.4 Å². The molecule has 0 fully saturated rings. The van der Waals surface area contributed by atoms with Gasteiger partial charge in [-0.25, -0.2) is 4.98 Å². The highest BCUT2D eigenvalue weighted by Crippen LogP contribution is 2.13. The van der Waals surface area contributed by atoms with Gasteiger partial charge in [-0.1, -0.05) is 43.3 Å². The number of rotatable bonds is 7. The van der Waals surface area contributed by atoms with Crippen LogP contribution in [0.1, 0.15) is 42.3 Å². The van der Waals surface area contributed by atoms with E-state index in [2.05, 4.69) is 63.9 Å². The predicted octanol–water partition coefficient (Wildman–Crippen LogP) is 3.53. The van der Waals surface area contributed by atoms with Gasteiger partial charge in [-0.2, -0.15) is 0 Å². The van der Waals surface area contributed by atoms with Gasteiger partial charge in [0.2, 0.25) is 0 Å². The minimum atomic E-state index is 0. The summed E-state index contributed by atoms with van der Waals surface area (Å²) in [6.45, 7) is 6.25. The van der Waals surface area contributed by atoms with Crippen molar-refractivity contribution in [2.24, 2.45) is 4.99 Å². The molecule has 2 N–H and O–H groups in total. The second kappa shape index (κ2) is 10.8. The molecular formula is C20H27IN6O. The van der Waals surface area contributed by atoms with Gasteiger partial charge in [0.05, 0.1) is 18.6 Å². The van der Waals surface area contributed by atoms with E-state index in [1.807, 2.05) is 23.2 Å². The quantitative estimate of drug-likeness (QED) is 0.299. The summed E-state index contributed by atoms with van der Waals surface area (Å²) < 4.78 is 7.39. The average Bonchev–Trinajstić information content (AvgIpc) is 3.35. The Morgan fingerprint density at radius 1 is 1.14 bits per heavy atom. The smallest absolute Gasteiger partial charge is 0.191 e. The van der Waals surface area contributed by atoms with Crippen LogP contribution in [0.15, 0.2) is 58.6 Å². The van der Waals surface area contributed by atoms with Crippen molar-refractivity contribution in [3.63, 3.8) is 0 Å². The Balaban J connectivity index is 0.00000280. The third-order valence-electron chi connectivity index (χ3n) is 4.23. The number of aliphatic imine (C=N–C) groups is 1. The SMILES string of the molecule is CN=C(NCc1ccc(Cn2ccnc2)cc1)NCc1cc(C(C)C)no1.I. The molecule has 0 saturated heterocycles. The lowest BCUT2D eigenvalue weighted by molar-refractivity contribution is 0.372. The summed E-state index contributed by atoms with van der Waals surface area (Å²) in [7, 11) is 1.75. The van der Waals surface area contributed by atoms with Crippen LogP contribution >= 0.6 is 24.0 Å². The molecule has 0 saturated carbocycles. The molecule has 2 aromatic heterocycles. The van der Waals surface area contributed by atoms with E-state index in [1.54, 1.807) is 13.2 Å². The third-order valence-corrected chi connectivity index (χ3v) is 4.23. The van der Waals surface area contributed by atoms with Gasteiger partial charge in [0.25, 0.3) is 0 Å². The van der Waals surface area contributed by atoms with Gasteiger partial charge in [0.1, 0.15) is 0 Å². The summed E-state index contributed by atoms with van der Waals surface area (Å²) in [4.78, 5) is 8.32. The maximum Gasteiger partial charge on any atom is 0.191 e. The van der Waals surface area contributed by atoms with Crippen LogP contribution in [0.25, 0.3) is 0 Å². The molecule has 8 heteroatoms. The molecule has 0 amide bonds. The fourth-order valence-electron chi connectivity index (χ4n) is 2.62. The summed E-state index contributed by atoms with van der Waals surface area (Å²) in [6.07, 6.45) is 5.58. The molecular weight excluding hydrogens is 467 g/mol. The number of guanidine groups is 1. The standard InChI is InChI=1S/C20H26N6O.HI/c1-15(2)19-10-18(27-25-19)12-24-20(21-3)23-11-16-4-6-17(7-5-16)13-26-9-8-22-14-26;/h4-10,14-15H,11-13H2,1-3H3,(H2,21,23,24);1H. The van der Waals surface area contributed by atoms with Crippen LogP contribution in [0.5, 0.6) is 0 Å². The van der Waals surface area contributed by atoms with E-state index in [4.69, 9.17) is 4.52 Å². The number of benzene rings is 1. The molecule has 1 aromatic carbocycles. The van der Waals surface area contributed by atoms with E-state index in [-0.39, 0.29) is 24.0 Å². The molecule has 0 aliphatic rings. The van der Waals surface area contributed by atoms with Crippen molar-refractivity contribution in [2.75, 3.05) is 7.05 Å². The number of halogens is 1. The van der Waals surface area contributed by atoms with Crippen molar-refractivity contribution in [1.82, 2.24) is 25.3 Å². The van der Waals surface area contributed by atoms with Crippen molar-refractivity contribution in [3.8, 4) is 0 Å². The summed E-state index contributed by atoms with van der Waals surface area (Å²) in [5.41, 5.74) is 3.39. The maximum atomic E-state index is 5.34. The lowest BCUT2D eigenvalue weighted by Crippen LogP contribution is -2.36. The summed E-state index contributed by atoms with van der Waals surface area (Å²) in [5, 5.41) is 10.6. The molecule has 0 spiro atoms. The van der Waals surface area contributed by atoms with Gasteiger partial charge in [-0.05, 0) is 17.0 Å². The minimum absolute atomic E-state index is 0. The lowest BCUT2D eigenvalue weighted by atomic mass is 10.1. The zero-order valence-electron chi connectivity index (χ0n) is 16.4. The Kier molecular flexibility index (Phi) is 8.49. The fourth-order valence-corrected chi connectivity index (χ4v) is 2.62. The van der Waals surface area contributed by atoms with Crippen molar-refractivity contribution in [1.29, 1.82) is 0 Å². The Hall–Kier alpha value is -2.36. The Morgan fingerprint density at radius 3 is 2.46 bits per heavy atom. The first-order chi connectivity index (χ1) is 13.1. The van der Waals surface area contributed by atoms with Crippen LogP contribution in [0.3, 0.4) is 0 Å². The van der Waals surface area contributed by atoms with Gasteiger partial charge in [0.15, 0.2) is 11.7 Å². The molecule has 0 aliphatic heterocycles. The second-order valence-electron chi connectivity index (χ2n) is 6.70. The van der Waals surface area contributed by atoms with E-state index >= 15 is 0 Å². The van der Waals surface area contributed by atoms with Gasteiger partial charge in [-0.15, -0.1) is 24.0 Å². The van der Waals surface area contributed by atoms with E-state index < -0.39 is 0 Å². The first kappa shape index (κ1) is 21.9. The highest BCUT2D eigenvalue weighted by atomic mass is 127. The molecule has 3 aromatic rings. The highest BCUT2D eigenvalue weighted by molar-refractivity contribution is 14.0. The van der Waals surface area contributed by atoms with Crippen molar-refractivity contribution in [3.05, 3.63) is 71.6 Å². The molecule has 3 rings (SSSR count). The van der Waals surface area contributed by atoms with Crippen molar-refractivity contribution < 1.29 is 4.52 Å². The lowest BCUT2D eigenvalue weighted by Gasteiger charge is -2.11. The van der Waals surface area contributed by atoms with Crippen LogP contribution in [0.4, 0.5) is 0 Å².